The van der Waals surface area contributed by atoms with Crippen LogP contribution in [0.4, 0.5) is 5.69 Å². The summed E-state index contributed by atoms with van der Waals surface area (Å²) < 4.78 is 5.75. The van der Waals surface area contributed by atoms with Crippen LogP contribution in [0.1, 0.15) is 12.5 Å². The summed E-state index contributed by atoms with van der Waals surface area (Å²) in [6, 6.07) is 12.5. The average molecular weight is 297 g/mol. The van der Waals surface area contributed by atoms with Gasteiger partial charge in [0.15, 0.2) is 0 Å². The summed E-state index contributed by atoms with van der Waals surface area (Å²) in [7, 11) is 0. The van der Waals surface area contributed by atoms with Crippen LogP contribution in [-0.4, -0.2) is 42.7 Å². The topological polar surface area (TPSA) is 28.6 Å². The monoisotopic (exact) mass is 297 g/mol. The maximum atomic E-state index is 5.75. The Hall–Kier alpha value is -2.07. The molecule has 1 aliphatic rings. The highest BCUT2D eigenvalue weighted by molar-refractivity contribution is 5.58. The number of benzene rings is 1. The van der Waals surface area contributed by atoms with E-state index in [0.29, 0.717) is 6.61 Å². The lowest BCUT2D eigenvalue weighted by molar-refractivity contribution is 0.248. The second-order valence-corrected chi connectivity index (χ2v) is 5.53. The summed E-state index contributed by atoms with van der Waals surface area (Å²) >= 11 is 0. The molecule has 2 heterocycles. The minimum absolute atomic E-state index is 0.706. The first-order chi connectivity index (χ1) is 10.9. The number of nitrogens with zero attached hydrogens (tertiary/aromatic N) is 3. The van der Waals surface area contributed by atoms with Crippen molar-refractivity contribution in [1.82, 2.24) is 9.88 Å². The number of rotatable bonds is 5. The SMILES string of the molecule is CCOc1ccccc1N1CCN(Cc2cccnc2)CC1. The van der Waals surface area contributed by atoms with E-state index in [9.17, 15) is 0 Å². The van der Waals surface area contributed by atoms with Crippen molar-refractivity contribution in [2.45, 2.75) is 13.5 Å². The van der Waals surface area contributed by atoms with E-state index in [4.69, 9.17) is 4.74 Å². The molecule has 1 aliphatic heterocycles. The molecule has 0 bridgehead atoms. The van der Waals surface area contributed by atoms with Crippen LogP contribution in [-0.2, 0) is 6.54 Å². The molecule has 116 valence electrons. The van der Waals surface area contributed by atoms with E-state index in [1.54, 1.807) is 0 Å². The third-order valence-electron chi connectivity index (χ3n) is 4.01. The van der Waals surface area contributed by atoms with E-state index in [-0.39, 0.29) is 0 Å². The summed E-state index contributed by atoms with van der Waals surface area (Å²) in [6.07, 6.45) is 3.78. The molecule has 1 aromatic carbocycles. The second-order valence-electron chi connectivity index (χ2n) is 5.53. The number of hydrogen-bond donors (Lipinski definition) is 0. The number of hydrogen-bond acceptors (Lipinski definition) is 4. The number of aromatic nitrogens is 1. The van der Waals surface area contributed by atoms with Crippen LogP contribution in [0.3, 0.4) is 0 Å². The van der Waals surface area contributed by atoms with E-state index in [1.165, 1.54) is 11.3 Å². The lowest BCUT2D eigenvalue weighted by Gasteiger charge is -2.36. The molecule has 0 aliphatic carbocycles. The molecule has 0 atom stereocenters. The first-order valence-electron chi connectivity index (χ1n) is 7.95. The molecule has 4 heteroatoms. The fraction of sp³-hybridized carbons (Fsp3) is 0.389. The van der Waals surface area contributed by atoms with Gasteiger partial charge in [-0.15, -0.1) is 0 Å². The smallest absolute Gasteiger partial charge is 0.142 e. The second kappa shape index (κ2) is 7.27. The van der Waals surface area contributed by atoms with Crippen molar-refractivity contribution in [1.29, 1.82) is 0 Å². The molecule has 1 fully saturated rings. The van der Waals surface area contributed by atoms with Crippen molar-refractivity contribution in [2.24, 2.45) is 0 Å². The molecular formula is C18H23N3O. The van der Waals surface area contributed by atoms with Crippen LogP contribution in [0.15, 0.2) is 48.8 Å². The molecule has 4 nitrogen and oxygen atoms in total. The molecule has 0 spiro atoms. The summed E-state index contributed by atoms with van der Waals surface area (Å²) in [5, 5.41) is 0. The van der Waals surface area contributed by atoms with Crippen LogP contribution in [0.5, 0.6) is 5.75 Å². The maximum absolute atomic E-state index is 5.75. The lowest BCUT2D eigenvalue weighted by atomic mass is 10.2. The maximum Gasteiger partial charge on any atom is 0.142 e. The Balaban J connectivity index is 1.60. The molecular weight excluding hydrogens is 274 g/mol. The van der Waals surface area contributed by atoms with Gasteiger partial charge in [0.2, 0.25) is 0 Å². The van der Waals surface area contributed by atoms with E-state index < -0.39 is 0 Å². The molecule has 0 unspecified atom stereocenters. The van der Waals surface area contributed by atoms with Crippen molar-refractivity contribution in [2.75, 3.05) is 37.7 Å². The first kappa shape index (κ1) is 14.9. The molecule has 1 aromatic heterocycles. The number of piperazine rings is 1. The quantitative estimate of drug-likeness (QED) is 0.848. The summed E-state index contributed by atoms with van der Waals surface area (Å²) in [4.78, 5) is 9.10. The van der Waals surface area contributed by atoms with E-state index >= 15 is 0 Å². The van der Waals surface area contributed by atoms with Crippen molar-refractivity contribution < 1.29 is 4.74 Å². The van der Waals surface area contributed by atoms with Crippen molar-refractivity contribution >= 4 is 5.69 Å². The molecule has 0 radical (unpaired) electrons. The fourth-order valence-corrected chi connectivity index (χ4v) is 2.89. The number of para-hydroxylation sites is 2. The van der Waals surface area contributed by atoms with Gasteiger partial charge in [0.05, 0.1) is 12.3 Å². The molecule has 0 amide bonds. The van der Waals surface area contributed by atoms with Crippen molar-refractivity contribution in [3.63, 3.8) is 0 Å². The average Bonchev–Trinajstić information content (AvgIpc) is 2.58. The molecule has 1 saturated heterocycles. The van der Waals surface area contributed by atoms with Crippen molar-refractivity contribution in [3.8, 4) is 5.75 Å². The van der Waals surface area contributed by atoms with E-state index in [2.05, 4.69) is 39.0 Å². The van der Waals surface area contributed by atoms with Crippen LogP contribution in [0.2, 0.25) is 0 Å². The molecule has 22 heavy (non-hydrogen) atoms. The highest BCUT2D eigenvalue weighted by atomic mass is 16.5. The van der Waals surface area contributed by atoms with Gasteiger partial charge in [-0.3, -0.25) is 9.88 Å². The van der Waals surface area contributed by atoms with Crippen LogP contribution in [0, 0.1) is 0 Å². The van der Waals surface area contributed by atoms with E-state index in [1.807, 2.05) is 31.5 Å². The summed E-state index contributed by atoms with van der Waals surface area (Å²) in [6.45, 7) is 7.91. The molecule has 0 N–H and O–H groups in total. The van der Waals surface area contributed by atoms with Crippen LogP contribution in [0.25, 0.3) is 0 Å². The normalized spacial score (nSPS) is 15.8. The summed E-state index contributed by atoms with van der Waals surface area (Å²) in [5.41, 5.74) is 2.50. The van der Waals surface area contributed by atoms with Gasteiger partial charge in [0, 0.05) is 45.1 Å². The number of anilines is 1. The van der Waals surface area contributed by atoms with Gasteiger partial charge >= 0.3 is 0 Å². The van der Waals surface area contributed by atoms with Gasteiger partial charge in [0.1, 0.15) is 5.75 Å². The third-order valence-corrected chi connectivity index (χ3v) is 4.01. The number of ether oxygens (including phenoxy) is 1. The Kier molecular flexibility index (Phi) is 4.91. The minimum atomic E-state index is 0.706. The standard InChI is InChI=1S/C18H23N3O/c1-2-22-18-8-4-3-7-17(18)21-12-10-20(11-13-21)15-16-6-5-9-19-14-16/h3-9,14H,2,10-13,15H2,1H3. The van der Waals surface area contributed by atoms with E-state index in [0.717, 1.165) is 38.5 Å². The largest absolute Gasteiger partial charge is 0.492 e. The zero-order valence-electron chi connectivity index (χ0n) is 13.1. The van der Waals surface area contributed by atoms with Crippen molar-refractivity contribution in [3.05, 3.63) is 54.4 Å². The lowest BCUT2D eigenvalue weighted by Crippen LogP contribution is -2.46. The predicted molar refractivity (Wildman–Crippen MR) is 89.3 cm³/mol. The van der Waals surface area contributed by atoms with Gasteiger partial charge in [-0.25, -0.2) is 0 Å². The van der Waals surface area contributed by atoms with Gasteiger partial charge in [-0.05, 0) is 30.7 Å². The third kappa shape index (κ3) is 3.57. The molecule has 2 aromatic rings. The Morgan fingerprint density at radius 2 is 1.86 bits per heavy atom. The fourth-order valence-electron chi connectivity index (χ4n) is 2.89. The predicted octanol–water partition coefficient (Wildman–Crippen LogP) is 2.80. The number of pyridine rings is 1. The Morgan fingerprint density at radius 3 is 2.59 bits per heavy atom. The minimum Gasteiger partial charge on any atom is -0.492 e. The van der Waals surface area contributed by atoms with Gasteiger partial charge in [0.25, 0.3) is 0 Å². The zero-order valence-corrected chi connectivity index (χ0v) is 13.1. The van der Waals surface area contributed by atoms with Crippen LogP contribution < -0.4 is 9.64 Å². The highest BCUT2D eigenvalue weighted by Gasteiger charge is 2.19. The zero-order chi connectivity index (χ0) is 15.2. The Labute approximate surface area is 132 Å². The van der Waals surface area contributed by atoms with Gasteiger partial charge < -0.3 is 9.64 Å². The molecule has 0 saturated carbocycles. The first-order valence-corrected chi connectivity index (χ1v) is 7.95. The highest BCUT2D eigenvalue weighted by Crippen LogP contribution is 2.28. The molecule has 3 rings (SSSR count). The Bertz CT molecular complexity index is 580. The van der Waals surface area contributed by atoms with Gasteiger partial charge in [-0.1, -0.05) is 18.2 Å². The van der Waals surface area contributed by atoms with Crippen LogP contribution >= 0.6 is 0 Å². The summed E-state index contributed by atoms with van der Waals surface area (Å²) in [5.74, 6) is 0.991. The van der Waals surface area contributed by atoms with Gasteiger partial charge in [-0.2, -0.15) is 0 Å². The Morgan fingerprint density at radius 1 is 1.05 bits per heavy atom.